The summed E-state index contributed by atoms with van der Waals surface area (Å²) in [6.07, 6.45) is 5.60. The normalized spacial score (nSPS) is 11.4. The molecule has 2 aromatic heterocycles. The van der Waals surface area contributed by atoms with Gasteiger partial charge in [0, 0.05) is 31.3 Å². The second-order valence-electron chi connectivity index (χ2n) is 7.56. The molecule has 1 amide bonds. The molecule has 0 unspecified atom stereocenters. The van der Waals surface area contributed by atoms with Crippen LogP contribution in [0.4, 0.5) is 5.82 Å². The number of carbonyl (C=O) groups is 1. The third-order valence-corrected chi connectivity index (χ3v) is 5.23. The lowest BCUT2D eigenvalue weighted by molar-refractivity contribution is -0.121. The number of imidazole rings is 1. The Morgan fingerprint density at radius 2 is 1.93 bits per heavy atom. The van der Waals surface area contributed by atoms with Crippen LogP contribution in [-0.2, 0) is 22.5 Å². The molecule has 0 saturated heterocycles. The number of pyridine rings is 1. The number of anilines is 1. The number of carbonyl (C=O) groups excluding carboxylic acids is 1. The van der Waals surface area contributed by atoms with Crippen LogP contribution in [0.2, 0.25) is 0 Å². The van der Waals surface area contributed by atoms with Crippen molar-refractivity contribution in [3.63, 3.8) is 0 Å². The summed E-state index contributed by atoms with van der Waals surface area (Å²) >= 11 is 0. The predicted molar refractivity (Wildman–Crippen MR) is 121 cm³/mol. The Kier molecular flexibility index (Phi) is 8.02. The molecular weight excluding hydrogens is 378 g/mol. The number of aryl methyl sites for hydroxylation is 1. The minimum absolute atomic E-state index is 0.0948. The van der Waals surface area contributed by atoms with Gasteiger partial charge in [-0.15, -0.1) is 0 Å². The molecule has 3 N–H and O–H groups in total. The number of hydrogen-bond donors (Lipinski definition) is 2. The molecule has 0 aliphatic heterocycles. The van der Waals surface area contributed by atoms with Gasteiger partial charge in [0.15, 0.2) is 5.82 Å². The third-order valence-electron chi connectivity index (χ3n) is 5.23. The van der Waals surface area contributed by atoms with Crippen molar-refractivity contribution in [2.24, 2.45) is 0 Å². The van der Waals surface area contributed by atoms with E-state index in [1.54, 1.807) is 0 Å². The van der Waals surface area contributed by atoms with Gasteiger partial charge in [0.25, 0.3) is 0 Å². The molecule has 0 fully saturated rings. The quantitative estimate of drug-likeness (QED) is 0.442. The van der Waals surface area contributed by atoms with Crippen molar-refractivity contribution in [3.05, 3.63) is 30.1 Å². The number of rotatable bonds is 12. The van der Waals surface area contributed by atoms with Gasteiger partial charge in [-0.25, -0.2) is 9.97 Å². The van der Waals surface area contributed by atoms with Crippen LogP contribution in [0.5, 0.6) is 0 Å². The Morgan fingerprint density at radius 3 is 2.73 bits per heavy atom. The van der Waals surface area contributed by atoms with Crippen LogP contribution in [0.1, 0.15) is 51.8 Å². The van der Waals surface area contributed by atoms with Gasteiger partial charge in [0.05, 0.1) is 24.2 Å². The van der Waals surface area contributed by atoms with Crippen LogP contribution in [0.3, 0.4) is 0 Å². The van der Waals surface area contributed by atoms with Crippen LogP contribution in [-0.4, -0.2) is 40.2 Å². The number of hydrogen-bond acceptors (Lipinski definition) is 5. The highest BCUT2D eigenvalue weighted by atomic mass is 16.5. The van der Waals surface area contributed by atoms with Crippen LogP contribution in [0.15, 0.2) is 24.3 Å². The SMILES string of the molecule is CCCCC(=O)NCCOCCn1c(CCCC)nc2c(N)nc3ccccc3c21. The first kappa shape index (κ1) is 22.0. The smallest absolute Gasteiger partial charge is 0.220 e. The van der Waals surface area contributed by atoms with Crippen LogP contribution < -0.4 is 11.1 Å². The summed E-state index contributed by atoms with van der Waals surface area (Å²) in [5.41, 5.74) is 8.90. The number of amides is 1. The molecule has 7 heteroatoms. The van der Waals surface area contributed by atoms with Gasteiger partial charge in [0.2, 0.25) is 5.91 Å². The lowest BCUT2D eigenvalue weighted by atomic mass is 10.2. The summed E-state index contributed by atoms with van der Waals surface area (Å²) in [4.78, 5) is 21.0. The molecule has 0 bridgehead atoms. The Labute approximate surface area is 178 Å². The van der Waals surface area contributed by atoms with E-state index in [0.717, 1.165) is 59.9 Å². The maximum Gasteiger partial charge on any atom is 0.220 e. The molecule has 0 radical (unpaired) electrons. The van der Waals surface area contributed by atoms with Crippen molar-refractivity contribution in [1.29, 1.82) is 0 Å². The fourth-order valence-corrected chi connectivity index (χ4v) is 3.62. The molecule has 3 rings (SSSR count). The van der Waals surface area contributed by atoms with E-state index in [4.69, 9.17) is 15.5 Å². The zero-order valence-corrected chi connectivity index (χ0v) is 18.1. The van der Waals surface area contributed by atoms with E-state index in [1.807, 2.05) is 18.2 Å². The van der Waals surface area contributed by atoms with E-state index in [2.05, 4.69) is 34.8 Å². The average Bonchev–Trinajstić information content (AvgIpc) is 3.12. The first-order chi connectivity index (χ1) is 14.7. The van der Waals surface area contributed by atoms with Crippen LogP contribution in [0, 0.1) is 0 Å². The van der Waals surface area contributed by atoms with Crippen molar-refractivity contribution >= 4 is 33.7 Å². The number of benzene rings is 1. The molecule has 0 atom stereocenters. The second-order valence-corrected chi connectivity index (χ2v) is 7.56. The number of fused-ring (bicyclic) bond motifs is 3. The third kappa shape index (κ3) is 5.27. The number of nitrogens with one attached hydrogen (secondary N) is 1. The van der Waals surface area contributed by atoms with Gasteiger partial charge < -0.3 is 20.4 Å². The van der Waals surface area contributed by atoms with E-state index in [1.165, 1.54) is 0 Å². The zero-order valence-electron chi connectivity index (χ0n) is 18.1. The summed E-state index contributed by atoms with van der Waals surface area (Å²) in [5, 5.41) is 3.96. The molecule has 162 valence electrons. The molecule has 1 aromatic carbocycles. The highest BCUT2D eigenvalue weighted by molar-refractivity contribution is 6.06. The Bertz CT molecular complexity index is 983. The number of nitrogens with zero attached hydrogens (tertiary/aromatic N) is 3. The fourth-order valence-electron chi connectivity index (χ4n) is 3.62. The van der Waals surface area contributed by atoms with E-state index in [9.17, 15) is 4.79 Å². The van der Waals surface area contributed by atoms with E-state index >= 15 is 0 Å². The highest BCUT2D eigenvalue weighted by Crippen LogP contribution is 2.29. The summed E-state index contributed by atoms with van der Waals surface area (Å²) in [6, 6.07) is 8.03. The molecular formula is C23H33N5O2. The molecule has 0 aliphatic carbocycles. The van der Waals surface area contributed by atoms with Crippen molar-refractivity contribution in [1.82, 2.24) is 19.9 Å². The highest BCUT2D eigenvalue weighted by Gasteiger charge is 2.16. The average molecular weight is 412 g/mol. The molecule has 30 heavy (non-hydrogen) atoms. The number of nitrogens with two attached hydrogens (primary N) is 1. The zero-order chi connectivity index (χ0) is 21.3. The molecule has 0 spiro atoms. The van der Waals surface area contributed by atoms with Gasteiger partial charge in [-0.1, -0.05) is 44.9 Å². The van der Waals surface area contributed by atoms with Gasteiger partial charge in [0.1, 0.15) is 11.3 Å². The maximum absolute atomic E-state index is 11.7. The van der Waals surface area contributed by atoms with Gasteiger partial charge in [-0.2, -0.15) is 0 Å². The van der Waals surface area contributed by atoms with Crippen molar-refractivity contribution < 1.29 is 9.53 Å². The number of aromatic nitrogens is 3. The first-order valence-electron chi connectivity index (χ1n) is 11.0. The fraction of sp³-hybridized carbons (Fsp3) is 0.522. The predicted octanol–water partition coefficient (Wildman–Crippen LogP) is 3.83. The Hall–Kier alpha value is -2.67. The number of para-hydroxylation sites is 1. The molecule has 2 heterocycles. The maximum atomic E-state index is 11.7. The van der Waals surface area contributed by atoms with Gasteiger partial charge in [-0.05, 0) is 18.9 Å². The van der Waals surface area contributed by atoms with Gasteiger partial charge >= 0.3 is 0 Å². The Morgan fingerprint density at radius 1 is 1.13 bits per heavy atom. The largest absolute Gasteiger partial charge is 0.382 e. The first-order valence-corrected chi connectivity index (χ1v) is 11.0. The van der Waals surface area contributed by atoms with E-state index < -0.39 is 0 Å². The lowest BCUT2D eigenvalue weighted by Gasteiger charge is -2.12. The van der Waals surface area contributed by atoms with Crippen molar-refractivity contribution in [2.75, 3.05) is 25.5 Å². The van der Waals surface area contributed by atoms with E-state index in [-0.39, 0.29) is 5.91 Å². The summed E-state index contributed by atoms with van der Waals surface area (Å²) in [7, 11) is 0. The van der Waals surface area contributed by atoms with Crippen LogP contribution in [0.25, 0.3) is 21.9 Å². The number of nitrogen functional groups attached to an aromatic ring is 1. The molecule has 7 nitrogen and oxygen atoms in total. The summed E-state index contributed by atoms with van der Waals surface area (Å²) < 4.78 is 8.03. The summed E-state index contributed by atoms with van der Waals surface area (Å²) in [6.45, 7) is 6.53. The Balaban J connectivity index is 1.71. The van der Waals surface area contributed by atoms with Crippen molar-refractivity contribution in [3.8, 4) is 0 Å². The lowest BCUT2D eigenvalue weighted by Crippen LogP contribution is -2.27. The monoisotopic (exact) mass is 411 g/mol. The van der Waals surface area contributed by atoms with Gasteiger partial charge in [-0.3, -0.25) is 4.79 Å². The summed E-state index contributed by atoms with van der Waals surface area (Å²) in [5.74, 6) is 1.58. The van der Waals surface area contributed by atoms with E-state index in [0.29, 0.717) is 38.5 Å². The standard InChI is InChI=1S/C23H33N5O2/c1-3-5-11-19-27-21-22(17-9-7-8-10-18(17)26-23(21)24)28(19)14-16-30-15-13-25-20(29)12-6-4-2/h7-10H,3-6,11-16H2,1-2H3,(H2,24,26)(H,25,29). The second kappa shape index (κ2) is 10.9. The topological polar surface area (TPSA) is 95.1 Å². The number of ether oxygens (including phenoxy) is 1. The van der Waals surface area contributed by atoms with Crippen molar-refractivity contribution in [2.45, 2.75) is 58.9 Å². The molecule has 0 saturated carbocycles. The number of unbranched alkanes of at least 4 members (excludes halogenated alkanes) is 2. The molecule has 3 aromatic rings. The minimum Gasteiger partial charge on any atom is -0.382 e. The minimum atomic E-state index is 0.0948. The molecule has 0 aliphatic rings. The van der Waals surface area contributed by atoms with Crippen LogP contribution >= 0.6 is 0 Å².